The molecule has 0 spiro atoms. The number of carbonyl (C=O) groups excluding carboxylic acids is 2. The fraction of sp³-hybridized carbons (Fsp3) is 0.267. The summed E-state index contributed by atoms with van der Waals surface area (Å²) in [5, 5.41) is 15.2. The molecule has 0 saturated carbocycles. The van der Waals surface area contributed by atoms with Crippen LogP contribution in [0, 0.1) is 0 Å². The Morgan fingerprint density at radius 3 is 2.74 bits per heavy atom. The van der Waals surface area contributed by atoms with Crippen LogP contribution in [0.15, 0.2) is 35.4 Å². The highest BCUT2D eigenvalue weighted by Gasteiger charge is 2.10. The van der Waals surface area contributed by atoms with E-state index < -0.39 is 0 Å². The lowest BCUT2D eigenvalue weighted by Gasteiger charge is -1.97. The van der Waals surface area contributed by atoms with E-state index in [4.69, 9.17) is 0 Å². The molecule has 0 aliphatic rings. The van der Waals surface area contributed by atoms with Crippen LogP contribution < -0.4 is 10.7 Å². The summed E-state index contributed by atoms with van der Waals surface area (Å²) in [6, 6.07) is 9.44. The number of hydrogen-bond acceptors (Lipinski definition) is 6. The van der Waals surface area contributed by atoms with Crippen LogP contribution in [-0.4, -0.2) is 28.2 Å². The van der Waals surface area contributed by atoms with Gasteiger partial charge >= 0.3 is 0 Å². The number of rotatable bonds is 7. The van der Waals surface area contributed by atoms with E-state index in [1.165, 1.54) is 11.3 Å². The van der Waals surface area contributed by atoms with E-state index in [1.54, 1.807) is 6.21 Å². The maximum Gasteiger partial charge on any atom is 0.247 e. The molecule has 0 aliphatic carbocycles. The van der Waals surface area contributed by atoms with Gasteiger partial charge in [0.25, 0.3) is 0 Å². The van der Waals surface area contributed by atoms with Crippen molar-refractivity contribution in [2.75, 3.05) is 5.32 Å². The van der Waals surface area contributed by atoms with Gasteiger partial charge in [-0.2, -0.15) is 5.10 Å². The van der Waals surface area contributed by atoms with Crippen LogP contribution >= 0.6 is 11.3 Å². The van der Waals surface area contributed by atoms with Crippen molar-refractivity contribution in [1.29, 1.82) is 0 Å². The highest BCUT2D eigenvalue weighted by Crippen LogP contribution is 2.15. The molecular weight excluding hydrogens is 314 g/mol. The van der Waals surface area contributed by atoms with Gasteiger partial charge in [-0.25, -0.2) is 5.43 Å². The quantitative estimate of drug-likeness (QED) is 0.599. The number of carbonyl (C=O) groups is 2. The Morgan fingerprint density at radius 2 is 2.00 bits per heavy atom. The molecule has 0 bridgehead atoms. The zero-order chi connectivity index (χ0) is 16.5. The summed E-state index contributed by atoms with van der Waals surface area (Å²) < 4.78 is 0. The molecule has 120 valence electrons. The molecule has 0 fully saturated rings. The minimum absolute atomic E-state index is 0.0629. The molecule has 0 aliphatic heterocycles. The minimum atomic E-state index is -0.292. The van der Waals surface area contributed by atoms with Crippen molar-refractivity contribution in [3.05, 3.63) is 40.9 Å². The molecule has 2 amide bonds. The van der Waals surface area contributed by atoms with Gasteiger partial charge < -0.3 is 5.32 Å². The van der Waals surface area contributed by atoms with Crippen LogP contribution in [0.3, 0.4) is 0 Å². The maximum atomic E-state index is 11.8. The zero-order valence-electron chi connectivity index (χ0n) is 12.7. The van der Waals surface area contributed by atoms with Gasteiger partial charge in [0.1, 0.15) is 5.01 Å². The van der Waals surface area contributed by atoms with E-state index >= 15 is 0 Å². The van der Waals surface area contributed by atoms with Crippen molar-refractivity contribution < 1.29 is 9.59 Å². The number of benzene rings is 1. The summed E-state index contributed by atoms with van der Waals surface area (Å²) in [7, 11) is 0. The van der Waals surface area contributed by atoms with E-state index in [-0.39, 0.29) is 18.2 Å². The van der Waals surface area contributed by atoms with Gasteiger partial charge in [-0.05, 0) is 12.0 Å². The van der Waals surface area contributed by atoms with Crippen molar-refractivity contribution in [2.24, 2.45) is 5.10 Å². The smallest absolute Gasteiger partial charge is 0.247 e. The van der Waals surface area contributed by atoms with Crippen molar-refractivity contribution in [3.63, 3.8) is 0 Å². The summed E-state index contributed by atoms with van der Waals surface area (Å²) >= 11 is 1.18. The Kier molecular flexibility index (Phi) is 6.37. The predicted octanol–water partition coefficient (Wildman–Crippen LogP) is 1.97. The van der Waals surface area contributed by atoms with E-state index in [1.807, 2.05) is 37.3 Å². The Bertz CT molecular complexity index is 684. The van der Waals surface area contributed by atoms with Crippen LogP contribution in [0.4, 0.5) is 5.13 Å². The largest absolute Gasteiger partial charge is 0.301 e. The molecule has 2 aromatic rings. The summed E-state index contributed by atoms with van der Waals surface area (Å²) in [5.41, 5.74) is 3.33. The molecule has 23 heavy (non-hydrogen) atoms. The molecule has 1 aromatic heterocycles. The average Bonchev–Trinajstić information content (AvgIpc) is 2.95. The van der Waals surface area contributed by atoms with E-state index in [0.717, 1.165) is 12.0 Å². The second kappa shape index (κ2) is 8.74. The summed E-state index contributed by atoms with van der Waals surface area (Å²) in [6.07, 6.45) is 2.82. The molecule has 2 rings (SSSR count). The van der Waals surface area contributed by atoms with Gasteiger partial charge in [-0.15, -0.1) is 10.2 Å². The van der Waals surface area contributed by atoms with E-state index in [0.29, 0.717) is 16.6 Å². The molecule has 2 N–H and O–H groups in total. The van der Waals surface area contributed by atoms with Gasteiger partial charge in [0.2, 0.25) is 16.9 Å². The standard InChI is InChI=1S/C15H17N5O2S/c1-2-6-12(21)17-15-20-19-14(23-15)9-13(22)18-16-10-11-7-4-3-5-8-11/h3-5,7-8,10H,2,6,9H2,1H3,(H,18,22)(H,17,20,21). The third-order valence-electron chi connectivity index (χ3n) is 2.70. The molecule has 8 heteroatoms. The maximum absolute atomic E-state index is 11.8. The van der Waals surface area contributed by atoms with E-state index in [2.05, 4.69) is 26.0 Å². The predicted molar refractivity (Wildman–Crippen MR) is 89.3 cm³/mol. The Balaban J connectivity index is 1.80. The molecule has 1 aromatic carbocycles. The lowest BCUT2D eigenvalue weighted by molar-refractivity contribution is -0.120. The van der Waals surface area contributed by atoms with Crippen LogP contribution in [0.2, 0.25) is 0 Å². The number of hydrogen-bond donors (Lipinski definition) is 2. The highest BCUT2D eigenvalue weighted by atomic mass is 32.1. The van der Waals surface area contributed by atoms with Crippen molar-refractivity contribution >= 4 is 34.5 Å². The number of hydrazone groups is 1. The van der Waals surface area contributed by atoms with Gasteiger partial charge in [-0.1, -0.05) is 48.6 Å². The zero-order valence-corrected chi connectivity index (χ0v) is 13.5. The van der Waals surface area contributed by atoms with Crippen molar-refractivity contribution in [3.8, 4) is 0 Å². The second-order valence-corrected chi connectivity index (χ2v) is 5.74. The summed E-state index contributed by atoms with van der Waals surface area (Å²) in [5.74, 6) is -0.396. The molecule has 7 nitrogen and oxygen atoms in total. The third-order valence-corrected chi connectivity index (χ3v) is 3.54. The van der Waals surface area contributed by atoms with Crippen LogP contribution in [0.1, 0.15) is 30.3 Å². The number of anilines is 1. The SMILES string of the molecule is CCCC(=O)Nc1nnc(CC(=O)NN=Cc2ccccc2)s1. The molecule has 0 atom stereocenters. The first-order chi connectivity index (χ1) is 11.2. The Morgan fingerprint density at radius 1 is 1.22 bits per heavy atom. The summed E-state index contributed by atoms with van der Waals surface area (Å²) in [4.78, 5) is 23.2. The normalized spacial score (nSPS) is 10.7. The van der Waals surface area contributed by atoms with Crippen LogP contribution in [-0.2, 0) is 16.0 Å². The first-order valence-corrected chi connectivity index (χ1v) is 7.98. The molecule has 0 saturated heterocycles. The van der Waals surface area contributed by atoms with E-state index in [9.17, 15) is 9.59 Å². The van der Waals surface area contributed by atoms with Crippen LogP contribution in [0.25, 0.3) is 0 Å². The molecule has 0 radical (unpaired) electrons. The number of aromatic nitrogens is 2. The number of nitrogens with zero attached hydrogens (tertiary/aromatic N) is 3. The fourth-order valence-electron chi connectivity index (χ4n) is 1.68. The molecule has 1 heterocycles. The van der Waals surface area contributed by atoms with Gasteiger partial charge in [0.05, 0.1) is 12.6 Å². The van der Waals surface area contributed by atoms with Gasteiger partial charge in [-0.3, -0.25) is 9.59 Å². The molecular formula is C15H17N5O2S. The van der Waals surface area contributed by atoms with Crippen molar-refractivity contribution in [2.45, 2.75) is 26.2 Å². The third kappa shape index (κ3) is 5.95. The monoisotopic (exact) mass is 331 g/mol. The van der Waals surface area contributed by atoms with Crippen LogP contribution in [0.5, 0.6) is 0 Å². The van der Waals surface area contributed by atoms with Gasteiger partial charge in [0, 0.05) is 6.42 Å². The number of nitrogens with one attached hydrogen (secondary N) is 2. The average molecular weight is 331 g/mol. The van der Waals surface area contributed by atoms with Crippen molar-refractivity contribution in [1.82, 2.24) is 15.6 Å². The minimum Gasteiger partial charge on any atom is -0.301 e. The fourth-order valence-corrected chi connectivity index (χ4v) is 2.43. The Labute approximate surface area is 137 Å². The molecule has 0 unspecified atom stereocenters. The van der Waals surface area contributed by atoms with Gasteiger partial charge in [0.15, 0.2) is 0 Å². The number of amides is 2. The first kappa shape index (κ1) is 16.8. The second-order valence-electron chi connectivity index (χ2n) is 4.68. The topological polar surface area (TPSA) is 96.3 Å². The highest BCUT2D eigenvalue weighted by molar-refractivity contribution is 7.15. The first-order valence-electron chi connectivity index (χ1n) is 7.16. The summed E-state index contributed by atoms with van der Waals surface area (Å²) in [6.45, 7) is 1.92. The lowest BCUT2D eigenvalue weighted by Crippen LogP contribution is -2.19. The lowest BCUT2D eigenvalue weighted by atomic mass is 10.2. The Hall–Kier alpha value is -2.61.